The Morgan fingerprint density at radius 3 is 1.31 bits per heavy atom. The quantitative estimate of drug-likeness (QED) is 0.0375. The summed E-state index contributed by atoms with van der Waals surface area (Å²) in [6.07, 6.45) is -5.30. The van der Waals surface area contributed by atoms with Crippen LogP contribution < -0.4 is 0 Å². The Morgan fingerprint density at radius 1 is 0.571 bits per heavy atom. The first-order valence-electron chi connectivity index (χ1n) is 14.4. The summed E-state index contributed by atoms with van der Waals surface area (Å²) in [5.41, 5.74) is -5.08. The number of ether oxygens (including phenoxy) is 3. The lowest BCUT2D eigenvalue weighted by molar-refractivity contribution is -0.427. The molecule has 284 valence electrons. The Hall–Kier alpha value is -3.25. The fourth-order valence-corrected chi connectivity index (χ4v) is 3.89. The maximum atomic E-state index is 15.3. The third-order valence-electron chi connectivity index (χ3n) is 7.00. The number of carbonyl (C=O) groups is 3. The standard InChI is InChI=1S/C30H38F12O7/c1-7-8-9-10-11-12-25(31,32)27(35,36)29(39,40)30(41,42)28(37,38)26(33,34)14-24(15-47-21(44)18(2)3,16-48-22(45)19(4)5)17-49-23(46)20(6)13-43/h43H,2,4,6-17H2,1,3,5H3. The Labute approximate surface area is 274 Å². The molecule has 0 saturated carbocycles. The van der Waals surface area contributed by atoms with Gasteiger partial charge in [-0.15, -0.1) is 0 Å². The van der Waals surface area contributed by atoms with Crippen LogP contribution in [0.3, 0.4) is 0 Å². The van der Waals surface area contributed by atoms with Crippen molar-refractivity contribution in [3.05, 3.63) is 36.5 Å². The monoisotopic (exact) mass is 738 g/mol. The van der Waals surface area contributed by atoms with Gasteiger partial charge in [0.1, 0.15) is 19.8 Å². The van der Waals surface area contributed by atoms with Crippen LogP contribution in [0.15, 0.2) is 36.5 Å². The normalized spacial score (nSPS) is 13.5. The van der Waals surface area contributed by atoms with Crippen LogP contribution in [0, 0.1) is 5.41 Å². The van der Waals surface area contributed by atoms with E-state index in [0.717, 1.165) is 13.8 Å². The fraction of sp³-hybridized carbons (Fsp3) is 0.700. The van der Waals surface area contributed by atoms with E-state index < -0.39 is 121 Å². The number of esters is 3. The molecule has 0 amide bonds. The first-order chi connectivity index (χ1) is 22.0. The highest BCUT2D eigenvalue weighted by molar-refractivity contribution is 5.88. The summed E-state index contributed by atoms with van der Waals surface area (Å²) in [5, 5.41) is 9.03. The zero-order valence-corrected chi connectivity index (χ0v) is 26.8. The number of alkyl halides is 12. The third kappa shape index (κ3) is 10.6. The van der Waals surface area contributed by atoms with Gasteiger partial charge in [-0.25, -0.2) is 14.4 Å². The summed E-state index contributed by atoms with van der Waals surface area (Å²) in [7, 11) is 0. The molecule has 0 aromatic carbocycles. The van der Waals surface area contributed by atoms with Gasteiger partial charge in [0, 0.05) is 24.0 Å². The van der Waals surface area contributed by atoms with Crippen LogP contribution in [0.25, 0.3) is 0 Å². The van der Waals surface area contributed by atoms with E-state index in [1.165, 1.54) is 0 Å². The van der Waals surface area contributed by atoms with E-state index in [1.54, 1.807) is 6.92 Å². The molecule has 0 fully saturated rings. The first kappa shape index (κ1) is 45.8. The van der Waals surface area contributed by atoms with E-state index in [9.17, 15) is 58.3 Å². The van der Waals surface area contributed by atoms with Crippen molar-refractivity contribution in [2.75, 3.05) is 26.4 Å². The minimum atomic E-state index is -7.92. The van der Waals surface area contributed by atoms with Gasteiger partial charge in [0.25, 0.3) is 0 Å². The largest absolute Gasteiger partial charge is 0.461 e. The summed E-state index contributed by atoms with van der Waals surface area (Å²) in [6.45, 7) is 6.58. The number of unbranched alkanes of at least 4 members (excludes halogenated alkanes) is 4. The molecular weight excluding hydrogens is 700 g/mol. The zero-order chi connectivity index (χ0) is 38.9. The molecule has 0 bridgehead atoms. The van der Waals surface area contributed by atoms with Gasteiger partial charge in [-0.3, -0.25) is 0 Å². The van der Waals surface area contributed by atoms with Gasteiger partial charge in [0.15, 0.2) is 0 Å². The van der Waals surface area contributed by atoms with Crippen molar-refractivity contribution in [3.63, 3.8) is 0 Å². The molecule has 1 N–H and O–H groups in total. The van der Waals surface area contributed by atoms with Gasteiger partial charge in [0.05, 0.1) is 17.6 Å². The third-order valence-corrected chi connectivity index (χ3v) is 7.00. The van der Waals surface area contributed by atoms with Crippen LogP contribution in [0.2, 0.25) is 0 Å². The summed E-state index contributed by atoms with van der Waals surface area (Å²) in [4.78, 5) is 36.1. The number of rotatable bonds is 23. The van der Waals surface area contributed by atoms with Gasteiger partial charge in [-0.1, -0.05) is 52.3 Å². The molecule has 0 unspecified atom stereocenters. The lowest BCUT2D eigenvalue weighted by Gasteiger charge is -2.43. The molecule has 0 heterocycles. The van der Waals surface area contributed by atoms with Gasteiger partial charge in [-0.2, -0.15) is 52.7 Å². The molecule has 0 aromatic heterocycles. The van der Waals surface area contributed by atoms with Crippen molar-refractivity contribution in [2.24, 2.45) is 5.41 Å². The van der Waals surface area contributed by atoms with E-state index in [2.05, 4.69) is 33.9 Å². The van der Waals surface area contributed by atoms with Gasteiger partial charge >= 0.3 is 53.4 Å². The van der Waals surface area contributed by atoms with Crippen LogP contribution in [0.5, 0.6) is 0 Å². The van der Waals surface area contributed by atoms with Crippen molar-refractivity contribution < 1.29 is 86.4 Å². The van der Waals surface area contributed by atoms with E-state index >= 15 is 8.78 Å². The average Bonchev–Trinajstić information content (AvgIpc) is 2.99. The molecule has 0 radical (unpaired) electrons. The highest BCUT2D eigenvalue weighted by Crippen LogP contribution is 2.62. The van der Waals surface area contributed by atoms with E-state index in [1.807, 2.05) is 0 Å². The van der Waals surface area contributed by atoms with Crippen molar-refractivity contribution >= 4 is 17.9 Å². The average molecular weight is 739 g/mol. The summed E-state index contributed by atoms with van der Waals surface area (Å²) >= 11 is 0. The number of aliphatic hydroxyl groups is 1. The van der Waals surface area contributed by atoms with Crippen molar-refractivity contribution in [2.45, 2.75) is 101 Å². The minimum Gasteiger partial charge on any atom is -0.461 e. The highest BCUT2D eigenvalue weighted by atomic mass is 19.4. The van der Waals surface area contributed by atoms with Crippen LogP contribution in [0.4, 0.5) is 52.7 Å². The van der Waals surface area contributed by atoms with Crippen LogP contribution in [-0.2, 0) is 28.6 Å². The smallest absolute Gasteiger partial charge is 0.384 e. The molecule has 0 saturated heterocycles. The number of hydrogen-bond donors (Lipinski definition) is 1. The number of halogens is 12. The predicted octanol–water partition coefficient (Wildman–Crippen LogP) is 7.87. The molecule has 0 aliphatic rings. The van der Waals surface area contributed by atoms with Crippen LogP contribution in [-0.4, -0.2) is 85.0 Å². The Bertz CT molecular complexity index is 1190. The minimum absolute atomic E-state index is 0.142. The Kier molecular flexibility index (Phi) is 16.0. The molecule has 0 aliphatic heterocycles. The first-order valence-corrected chi connectivity index (χ1v) is 14.4. The van der Waals surface area contributed by atoms with E-state index in [0.29, 0.717) is 12.8 Å². The second kappa shape index (κ2) is 17.1. The topological polar surface area (TPSA) is 99.1 Å². The maximum absolute atomic E-state index is 15.3. The second-order valence-electron chi connectivity index (χ2n) is 11.6. The van der Waals surface area contributed by atoms with Crippen molar-refractivity contribution in [1.82, 2.24) is 0 Å². The Morgan fingerprint density at radius 2 is 0.939 bits per heavy atom. The maximum Gasteiger partial charge on any atom is 0.384 e. The highest BCUT2D eigenvalue weighted by Gasteiger charge is 2.90. The molecule has 7 nitrogen and oxygen atoms in total. The van der Waals surface area contributed by atoms with E-state index in [4.69, 9.17) is 5.11 Å². The molecule has 19 heteroatoms. The molecule has 49 heavy (non-hydrogen) atoms. The zero-order valence-electron chi connectivity index (χ0n) is 26.8. The van der Waals surface area contributed by atoms with Gasteiger partial charge in [0.2, 0.25) is 0 Å². The van der Waals surface area contributed by atoms with Crippen molar-refractivity contribution in [1.29, 1.82) is 0 Å². The van der Waals surface area contributed by atoms with Crippen molar-refractivity contribution in [3.8, 4) is 0 Å². The molecule has 0 atom stereocenters. The molecular formula is C30H38F12O7. The second-order valence-corrected chi connectivity index (χ2v) is 11.6. The number of carbonyl (C=O) groups excluding carboxylic acids is 3. The molecule has 0 aliphatic carbocycles. The number of aliphatic hydroxyl groups excluding tert-OH is 1. The summed E-state index contributed by atoms with van der Waals surface area (Å²) in [6, 6.07) is 0. The predicted molar refractivity (Wildman–Crippen MR) is 149 cm³/mol. The molecule has 0 spiro atoms. The van der Waals surface area contributed by atoms with Crippen LogP contribution in [0.1, 0.15) is 65.7 Å². The SMILES string of the molecule is C=C(C)C(=O)OCC(COC(=O)C(=C)C)(COC(=O)C(=C)CO)CC(F)(F)C(F)(F)C(F)(F)C(F)(F)C(F)(F)C(F)(F)CCCCCCC. The Balaban J connectivity index is 7.03. The summed E-state index contributed by atoms with van der Waals surface area (Å²) in [5.74, 6) is -48.0. The molecule has 0 rings (SSSR count). The van der Waals surface area contributed by atoms with Crippen LogP contribution >= 0.6 is 0 Å². The lowest BCUT2D eigenvalue weighted by Crippen LogP contribution is -2.71. The van der Waals surface area contributed by atoms with Gasteiger partial charge in [-0.05, 0) is 20.3 Å². The fourth-order valence-electron chi connectivity index (χ4n) is 3.89. The lowest BCUT2D eigenvalue weighted by atomic mass is 9.79. The van der Waals surface area contributed by atoms with Gasteiger partial charge < -0.3 is 19.3 Å². The summed E-state index contributed by atoms with van der Waals surface area (Å²) < 4.78 is 190. The number of hydrogen-bond acceptors (Lipinski definition) is 7. The van der Waals surface area contributed by atoms with E-state index in [-0.39, 0.29) is 12.8 Å². The molecule has 0 aromatic rings.